The van der Waals surface area contributed by atoms with Crippen LogP contribution in [0.2, 0.25) is 26.2 Å². The molecule has 5 nitrogen and oxygen atoms in total. The van der Waals surface area contributed by atoms with Gasteiger partial charge in [-0.25, -0.2) is 0 Å². The Morgan fingerprint density at radius 3 is 0.958 bits per heavy atom. The van der Waals surface area contributed by atoms with Crippen molar-refractivity contribution in [1.82, 2.24) is 18.3 Å². The van der Waals surface area contributed by atoms with E-state index >= 15 is 0 Å². The van der Waals surface area contributed by atoms with Gasteiger partial charge in [-0.1, -0.05) is 146 Å². The van der Waals surface area contributed by atoms with E-state index in [0.717, 1.165) is 22.7 Å². The molecule has 0 spiro atoms. The molecule has 0 aliphatic rings. The summed E-state index contributed by atoms with van der Waals surface area (Å²) in [5, 5.41) is 12.6. The molecule has 10 aromatic carbocycles. The Morgan fingerprint density at radius 2 is 0.577 bits per heavy atom. The summed E-state index contributed by atoms with van der Waals surface area (Å²) >= 11 is 0. The lowest BCUT2D eigenvalue weighted by atomic mass is 10.1. The van der Waals surface area contributed by atoms with Gasteiger partial charge >= 0.3 is 0 Å². The summed E-state index contributed by atoms with van der Waals surface area (Å²) in [6, 6.07) is 84.7. The standard InChI is InChI=1S/C64H50N4OSi2/c1-70(2,47-33-37-57-53(41-47)49-35-39-59-61(63(49)67(57)45-25-13-7-14-26-45)51-29-17-19-31-55(51)65(59)43-21-9-5-10-22-43)69-71(3,4)48-34-38-58-54(42-48)50-36-40-60-62(64(50)68(58)46-27-15-8-16-28-46)52-30-18-20-32-56(52)66(60)44-23-11-6-12-24-44/h5-42H,1-4H3. The maximum absolute atomic E-state index is 7.72. The van der Waals surface area contributed by atoms with Crippen LogP contribution in [0.15, 0.2) is 231 Å². The molecule has 14 aromatic rings. The highest BCUT2D eigenvalue weighted by Crippen LogP contribution is 2.44. The minimum absolute atomic E-state index is 1.15. The van der Waals surface area contributed by atoms with Gasteiger partial charge in [-0.05, 0) is 121 Å². The topological polar surface area (TPSA) is 28.9 Å². The number of para-hydroxylation sites is 6. The molecule has 71 heavy (non-hydrogen) atoms. The van der Waals surface area contributed by atoms with Crippen LogP contribution < -0.4 is 10.4 Å². The zero-order valence-electron chi connectivity index (χ0n) is 40.1. The Kier molecular flexibility index (Phi) is 9.20. The third-order valence-corrected chi connectivity index (χ3v) is 22.6. The van der Waals surface area contributed by atoms with Gasteiger partial charge in [0.1, 0.15) is 0 Å². The Morgan fingerprint density at radius 1 is 0.268 bits per heavy atom. The quantitative estimate of drug-likeness (QED) is 0.140. The SMILES string of the molecule is C[Si](C)(O[Si](C)(C)c1ccc2c(c1)c1ccc3c(c4ccccc4n3-c3ccccc3)c1n2-c1ccccc1)c1ccc2c(c1)c1ccc3c(c4ccccc4n3-c3ccccc3)c1n2-c1ccccc1. The van der Waals surface area contributed by atoms with Crippen molar-refractivity contribution in [3.63, 3.8) is 0 Å². The van der Waals surface area contributed by atoms with Gasteiger partial charge < -0.3 is 22.4 Å². The van der Waals surface area contributed by atoms with Crippen LogP contribution in [-0.4, -0.2) is 34.9 Å². The molecule has 4 aromatic heterocycles. The summed E-state index contributed by atoms with van der Waals surface area (Å²) in [5.74, 6) is 0. The number of aromatic nitrogens is 4. The van der Waals surface area contributed by atoms with Gasteiger partial charge in [0.15, 0.2) is 0 Å². The Labute approximate surface area is 413 Å². The van der Waals surface area contributed by atoms with Crippen molar-refractivity contribution in [1.29, 1.82) is 0 Å². The van der Waals surface area contributed by atoms with Crippen molar-refractivity contribution in [2.75, 3.05) is 0 Å². The first kappa shape index (κ1) is 41.7. The van der Waals surface area contributed by atoms with Crippen LogP contribution in [0.4, 0.5) is 0 Å². The van der Waals surface area contributed by atoms with Gasteiger partial charge in [0.25, 0.3) is 0 Å². The fourth-order valence-corrected chi connectivity index (χ4v) is 20.0. The first-order chi connectivity index (χ1) is 34.7. The van der Waals surface area contributed by atoms with E-state index in [0.29, 0.717) is 0 Å². The van der Waals surface area contributed by atoms with E-state index in [9.17, 15) is 0 Å². The predicted molar refractivity (Wildman–Crippen MR) is 306 cm³/mol. The van der Waals surface area contributed by atoms with Crippen LogP contribution in [0.1, 0.15) is 0 Å². The summed E-state index contributed by atoms with van der Waals surface area (Å²) in [6.07, 6.45) is 0. The molecule has 7 heteroatoms. The number of hydrogen-bond acceptors (Lipinski definition) is 1. The molecule has 0 atom stereocenters. The summed E-state index contributed by atoms with van der Waals surface area (Å²) in [4.78, 5) is 0. The average Bonchev–Trinajstić information content (AvgIpc) is 4.14. The summed E-state index contributed by atoms with van der Waals surface area (Å²) in [5.41, 5.74) is 14.3. The highest BCUT2D eigenvalue weighted by Gasteiger charge is 2.37. The second-order valence-corrected chi connectivity index (χ2v) is 28.0. The monoisotopic (exact) mass is 946 g/mol. The second kappa shape index (κ2) is 15.7. The van der Waals surface area contributed by atoms with Crippen LogP contribution >= 0.6 is 0 Å². The van der Waals surface area contributed by atoms with Gasteiger partial charge in [-0.3, -0.25) is 0 Å². The number of benzene rings is 10. The van der Waals surface area contributed by atoms with E-state index in [1.807, 2.05) is 0 Å². The number of nitrogens with zero attached hydrogens (tertiary/aromatic N) is 4. The molecular weight excluding hydrogens is 897 g/mol. The molecule has 0 N–H and O–H groups in total. The fourth-order valence-electron chi connectivity index (χ4n) is 12.0. The molecule has 0 radical (unpaired) electrons. The molecule has 0 saturated carbocycles. The predicted octanol–water partition coefficient (Wildman–Crippen LogP) is 15.6. The van der Waals surface area contributed by atoms with Crippen molar-refractivity contribution in [2.24, 2.45) is 0 Å². The van der Waals surface area contributed by atoms with Gasteiger partial charge in [-0.2, -0.15) is 0 Å². The van der Waals surface area contributed by atoms with Gasteiger partial charge in [0.05, 0.1) is 44.1 Å². The molecule has 0 aliphatic carbocycles. The lowest BCUT2D eigenvalue weighted by molar-refractivity contribution is 0.573. The van der Waals surface area contributed by atoms with Crippen molar-refractivity contribution in [3.8, 4) is 22.7 Å². The highest BCUT2D eigenvalue weighted by molar-refractivity contribution is 6.97. The zero-order valence-corrected chi connectivity index (χ0v) is 42.1. The molecule has 340 valence electrons. The highest BCUT2D eigenvalue weighted by atomic mass is 28.4. The summed E-state index contributed by atoms with van der Waals surface area (Å²) in [7, 11) is -5.07. The molecular formula is C64H50N4OSi2. The van der Waals surface area contributed by atoms with Gasteiger partial charge in [-0.15, -0.1) is 0 Å². The third-order valence-electron chi connectivity index (χ3n) is 15.1. The minimum atomic E-state index is -2.53. The second-order valence-electron chi connectivity index (χ2n) is 20.0. The van der Waals surface area contributed by atoms with Crippen LogP contribution in [0.5, 0.6) is 0 Å². The number of hydrogen-bond donors (Lipinski definition) is 0. The third kappa shape index (κ3) is 6.26. The van der Waals surface area contributed by atoms with E-state index in [1.165, 1.54) is 97.6 Å². The first-order valence-corrected chi connectivity index (χ1v) is 30.5. The van der Waals surface area contributed by atoms with Crippen LogP contribution in [-0.2, 0) is 4.12 Å². The molecule has 0 amide bonds. The van der Waals surface area contributed by atoms with Crippen LogP contribution in [0.3, 0.4) is 0 Å². The molecule has 4 heterocycles. The summed E-state index contributed by atoms with van der Waals surface area (Å²) in [6.45, 7) is 9.57. The Balaban J connectivity index is 0.924. The van der Waals surface area contributed by atoms with Crippen LogP contribution in [0.25, 0.3) is 110 Å². The first-order valence-electron chi connectivity index (χ1n) is 24.7. The van der Waals surface area contributed by atoms with Crippen LogP contribution in [0, 0.1) is 0 Å². The lowest BCUT2D eigenvalue weighted by Gasteiger charge is -2.34. The molecule has 0 fully saturated rings. The lowest BCUT2D eigenvalue weighted by Crippen LogP contribution is -2.57. The molecule has 0 aliphatic heterocycles. The number of fused-ring (bicyclic) bond motifs is 14. The minimum Gasteiger partial charge on any atom is -0.449 e. The number of rotatable bonds is 8. The van der Waals surface area contributed by atoms with Gasteiger partial charge in [0.2, 0.25) is 16.6 Å². The van der Waals surface area contributed by atoms with E-state index in [1.54, 1.807) is 0 Å². The van der Waals surface area contributed by atoms with E-state index in [2.05, 4.69) is 275 Å². The van der Waals surface area contributed by atoms with E-state index in [4.69, 9.17) is 4.12 Å². The molecule has 14 rings (SSSR count). The summed E-state index contributed by atoms with van der Waals surface area (Å²) < 4.78 is 17.5. The van der Waals surface area contributed by atoms with Gasteiger partial charge in [0, 0.05) is 65.8 Å². The van der Waals surface area contributed by atoms with Crippen molar-refractivity contribution < 1.29 is 4.12 Å². The Bertz CT molecular complexity index is 4130. The fraction of sp³-hybridized carbons (Fsp3) is 0.0625. The normalized spacial score (nSPS) is 12.6. The van der Waals surface area contributed by atoms with Crippen molar-refractivity contribution >= 4 is 114 Å². The zero-order chi connectivity index (χ0) is 47.6. The maximum Gasteiger partial charge on any atom is 0.206 e. The van der Waals surface area contributed by atoms with E-state index < -0.39 is 16.6 Å². The van der Waals surface area contributed by atoms with Crippen molar-refractivity contribution in [2.45, 2.75) is 26.2 Å². The Hall–Kier alpha value is -8.21. The molecule has 0 saturated heterocycles. The molecule has 0 bridgehead atoms. The smallest absolute Gasteiger partial charge is 0.206 e. The maximum atomic E-state index is 7.72. The van der Waals surface area contributed by atoms with E-state index in [-0.39, 0.29) is 0 Å². The average molecular weight is 947 g/mol. The largest absolute Gasteiger partial charge is 0.449 e. The molecule has 0 unspecified atom stereocenters. The van der Waals surface area contributed by atoms with Crippen molar-refractivity contribution in [3.05, 3.63) is 231 Å².